The lowest BCUT2D eigenvalue weighted by atomic mass is 9.97. The molecule has 0 unspecified atom stereocenters. The van der Waals surface area contributed by atoms with Gasteiger partial charge < -0.3 is 10.1 Å². The Kier molecular flexibility index (Phi) is 6.53. The maximum atomic E-state index is 13.8. The molecule has 0 bridgehead atoms. The number of aryl methyl sites for hydroxylation is 1. The zero-order valence-electron chi connectivity index (χ0n) is 20.2. The van der Waals surface area contributed by atoms with E-state index in [1.54, 1.807) is 0 Å². The van der Waals surface area contributed by atoms with Crippen LogP contribution in [0.5, 0.6) is 5.75 Å². The molecule has 176 valence electrons. The maximum absolute atomic E-state index is 13.8. The highest BCUT2D eigenvalue weighted by Crippen LogP contribution is 2.41. The molecule has 4 nitrogen and oxygen atoms in total. The van der Waals surface area contributed by atoms with E-state index >= 15 is 0 Å². The molecule has 5 rings (SSSR count). The topological polar surface area (TPSA) is 41.6 Å². The first-order valence-electron chi connectivity index (χ1n) is 12.2. The maximum Gasteiger partial charge on any atom is 0.262 e. The van der Waals surface area contributed by atoms with Gasteiger partial charge in [-0.15, -0.1) is 0 Å². The lowest BCUT2D eigenvalue weighted by molar-refractivity contribution is 0.0974. The number of ether oxygens (including phenoxy) is 1. The van der Waals surface area contributed by atoms with Gasteiger partial charge in [-0.3, -0.25) is 9.69 Å². The Morgan fingerprint density at radius 2 is 1.57 bits per heavy atom. The van der Waals surface area contributed by atoms with Gasteiger partial charge in [-0.2, -0.15) is 0 Å². The molecule has 0 spiro atoms. The van der Waals surface area contributed by atoms with E-state index in [1.807, 2.05) is 65.6 Å². The molecule has 0 aromatic heterocycles. The predicted octanol–water partition coefficient (Wildman–Crippen LogP) is 7.61. The first-order chi connectivity index (χ1) is 17.2. The summed E-state index contributed by atoms with van der Waals surface area (Å²) in [4.78, 5) is 15.6. The molecule has 0 aliphatic carbocycles. The monoisotopic (exact) mass is 462 g/mol. The Morgan fingerprint density at radius 3 is 2.34 bits per heavy atom. The minimum Gasteiger partial charge on any atom is -0.493 e. The fourth-order valence-electron chi connectivity index (χ4n) is 4.47. The van der Waals surface area contributed by atoms with Crippen LogP contribution >= 0.6 is 0 Å². The first-order valence-corrected chi connectivity index (χ1v) is 12.2. The molecule has 0 fully saturated rings. The lowest BCUT2D eigenvalue weighted by Gasteiger charge is -2.38. The number of fused-ring (bicyclic) bond motifs is 1. The Hall–Kier alpha value is -4.05. The van der Waals surface area contributed by atoms with Gasteiger partial charge in [0.05, 0.1) is 12.2 Å². The number of benzene rings is 4. The molecule has 4 aromatic rings. The summed E-state index contributed by atoms with van der Waals surface area (Å²) in [6, 6.07) is 32.3. The molecule has 1 aliphatic rings. The zero-order chi connectivity index (χ0) is 24.2. The molecule has 4 heteroatoms. The Bertz CT molecular complexity index is 1320. The number of nitrogens with one attached hydrogen (secondary N) is 1. The number of amides is 1. The Labute approximate surface area is 207 Å². The Balaban J connectivity index is 1.65. The fraction of sp³-hybridized carbons (Fsp3) is 0.194. The highest BCUT2D eigenvalue weighted by molar-refractivity contribution is 6.12. The van der Waals surface area contributed by atoms with E-state index in [0.717, 1.165) is 46.7 Å². The van der Waals surface area contributed by atoms with Gasteiger partial charge in [0.1, 0.15) is 11.9 Å². The van der Waals surface area contributed by atoms with E-state index in [2.05, 4.69) is 55.6 Å². The largest absolute Gasteiger partial charge is 0.493 e. The first kappa shape index (κ1) is 22.7. The van der Waals surface area contributed by atoms with Crippen LogP contribution in [0.3, 0.4) is 0 Å². The van der Waals surface area contributed by atoms with E-state index in [4.69, 9.17) is 4.74 Å². The smallest absolute Gasteiger partial charge is 0.262 e. The van der Waals surface area contributed by atoms with Gasteiger partial charge in [0.2, 0.25) is 0 Å². The molecule has 1 amide bonds. The van der Waals surface area contributed by atoms with Gasteiger partial charge in [-0.1, -0.05) is 79.6 Å². The summed E-state index contributed by atoms with van der Waals surface area (Å²) in [6.07, 6.45) is 1.61. The van der Waals surface area contributed by atoms with Crippen molar-refractivity contribution < 1.29 is 9.53 Å². The third-order valence-corrected chi connectivity index (χ3v) is 6.41. The van der Waals surface area contributed by atoms with Crippen molar-refractivity contribution in [1.29, 1.82) is 0 Å². The number of nitrogens with zero attached hydrogens (tertiary/aromatic N) is 1. The van der Waals surface area contributed by atoms with E-state index in [9.17, 15) is 4.79 Å². The number of hydrogen-bond acceptors (Lipinski definition) is 3. The van der Waals surface area contributed by atoms with Crippen molar-refractivity contribution in [2.75, 3.05) is 16.8 Å². The number of para-hydroxylation sites is 2. The molecule has 0 radical (unpaired) electrons. The summed E-state index contributed by atoms with van der Waals surface area (Å²) >= 11 is 0. The van der Waals surface area contributed by atoms with Crippen molar-refractivity contribution >= 4 is 17.3 Å². The van der Waals surface area contributed by atoms with Gasteiger partial charge in [-0.05, 0) is 60.9 Å². The quantitative estimate of drug-likeness (QED) is 0.287. The molecular formula is C31H30N2O2. The summed E-state index contributed by atoms with van der Waals surface area (Å²) < 4.78 is 6.27. The summed E-state index contributed by atoms with van der Waals surface area (Å²) in [5, 5.41) is 3.64. The highest BCUT2D eigenvalue weighted by atomic mass is 16.5. The van der Waals surface area contributed by atoms with Crippen LogP contribution in [-0.4, -0.2) is 12.5 Å². The number of carbonyl (C=O) groups is 1. The average molecular weight is 463 g/mol. The molecule has 1 heterocycles. The molecule has 1 atom stereocenters. The summed E-state index contributed by atoms with van der Waals surface area (Å²) in [7, 11) is 0. The standard InChI is InChI=1S/C31H30N2O2/c1-3-4-20-35-29-19-18-24(23-16-14-22(2)15-17-23)21-27(29)30-32-28-13-9-8-12-26(28)31(34)33(30)25-10-6-5-7-11-25/h5-19,21,30,32H,3-4,20H2,1-2H3/t30-/m1/s1. The van der Waals surface area contributed by atoms with Crippen LogP contribution in [0.4, 0.5) is 11.4 Å². The Morgan fingerprint density at radius 1 is 0.857 bits per heavy atom. The molecule has 4 aromatic carbocycles. The van der Waals surface area contributed by atoms with Gasteiger partial charge in [0.25, 0.3) is 5.91 Å². The fourth-order valence-corrected chi connectivity index (χ4v) is 4.47. The third kappa shape index (κ3) is 4.65. The number of anilines is 2. The molecule has 0 saturated carbocycles. The minimum absolute atomic E-state index is 0.0317. The number of unbranched alkanes of at least 4 members (excludes halogenated alkanes) is 1. The van der Waals surface area contributed by atoms with Crippen LogP contribution in [0.1, 0.15) is 47.4 Å². The van der Waals surface area contributed by atoms with E-state index in [0.29, 0.717) is 12.2 Å². The van der Waals surface area contributed by atoms with Crippen LogP contribution in [0.25, 0.3) is 11.1 Å². The van der Waals surface area contributed by atoms with Gasteiger partial charge in [-0.25, -0.2) is 0 Å². The summed E-state index contributed by atoms with van der Waals surface area (Å²) in [5.41, 5.74) is 6.70. The second kappa shape index (κ2) is 10.1. The summed E-state index contributed by atoms with van der Waals surface area (Å²) in [6.45, 7) is 4.88. The van der Waals surface area contributed by atoms with Crippen LogP contribution in [0, 0.1) is 6.92 Å². The van der Waals surface area contributed by atoms with E-state index in [-0.39, 0.29) is 5.91 Å². The SMILES string of the molecule is CCCCOc1ccc(-c2ccc(C)cc2)cc1[C@@H]1Nc2ccccc2C(=O)N1c1ccccc1. The molecule has 35 heavy (non-hydrogen) atoms. The van der Waals surface area contributed by atoms with Crippen molar-refractivity contribution in [3.8, 4) is 16.9 Å². The zero-order valence-corrected chi connectivity index (χ0v) is 20.2. The van der Waals surface area contributed by atoms with Crippen molar-refractivity contribution in [3.63, 3.8) is 0 Å². The van der Waals surface area contributed by atoms with Crippen molar-refractivity contribution in [3.05, 3.63) is 114 Å². The second-order valence-corrected chi connectivity index (χ2v) is 8.92. The van der Waals surface area contributed by atoms with Crippen LogP contribution < -0.4 is 15.0 Å². The van der Waals surface area contributed by atoms with Gasteiger partial charge in [0.15, 0.2) is 0 Å². The van der Waals surface area contributed by atoms with Crippen molar-refractivity contribution in [2.45, 2.75) is 32.9 Å². The molecule has 1 aliphatic heterocycles. The molecule has 0 saturated heterocycles. The van der Waals surface area contributed by atoms with Gasteiger partial charge in [0, 0.05) is 16.9 Å². The normalized spacial score (nSPS) is 14.9. The summed E-state index contributed by atoms with van der Waals surface area (Å²) in [5.74, 6) is 0.760. The minimum atomic E-state index is -0.415. The number of rotatable bonds is 7. The van der Waals surface area contributed by atoms with Crippen LogP contribution in [0.2, 0.25) is 0 Å². The average Bonchev–Trinajstić information content (AvgIpc) is 2.90. The molecular weight excluding hydrogens is 432 g/mol. The second-order valence-electron chi connectivity index (χ2n) is 8.92. The van der Waals surface area contributed by atoms with Crippen molar-refractivity contribution in [1.82, 2.24) is 0 Å². The molecule has 1 N–H and O–H groups in total. The van der Waals surface area contributed by atoms with Crippen LogP contribution in [-0.2, 0) is 0 Å². The van der Waals surface area contributed by atoms with E-state index < -0.39 is 6.17 Å². The highest BCUT2D eigenvalue weighted by Gasteiger charge is 2.35. The van der Waals surface area contributed by atoms with E-state index in [1.165, 1.54) is 5.56 Å². The number of hydrogen-bond donors (Lipinski definition) is 1. The van der Waals surface area contributed by atoms with Gasteiger partial charge >= 0.3 is 0 Å². The number of carbonyl (C=O) groups excluding carboxylic acids is 1. The lowest BCUT2D eigenvalue weighted by Crippen LogP contribution is -2.43. The predicted molar refractivity (Wildman–Crippen MR) is 143 cm³/mol. The third-order valence-electron chi connectivity index (χ3n) is 6.41. The van der Waals surface area contributed by atoms with Crippen LogP contribution in [0.15, 0.2) is 97.1 Å². The van der Waals surface area contributed by atoms with Crippen molar-refractivity contribution in [2.24, 2.45) is 0 Å².